The molecule has 0 unspecified atom stereocenters. The lowest BCUT2D eigenvalue weighted by molar-refractivity contribution is -0.0658. The van der Waals surface area contributed by atoms with Gasteiger partial charge in [-0.25, -0.2) is 14.6 Å². The quantitative estimate of drug-likeness (QED) is 0.812. The largest absolute Gasteiger partial charge is 0.367 e. The van der Waals surface area contributed by atoms with Crippen LogP contribution in [0.2, 0.25) is 0 Å². The summed E-state index contributed by atoms with van der Waals surface area (Å²) in [6, 6.07) is 14.3. The number of ether oxygens (including phenoxy) is 1. The third kappa shape index (κ3) is 4.37. The molecule has 1 saturated heterocycles. The Morgan fingerprint density at radius 1 is 1.04 bits per heavy atom. The Morgan fingerprint density at radius 3 is 2.42 bits per heavy atom. The molecule has 2 aromatic rings. The first-order valence-corrected chi connectivity index (χ1v) is 8.34. The lowest BCUT2D eigenvalue weighted by atomic mass is 10.1. The van der Waals surface area contributed by atoms with Gasteiger partial charge >= 0.3 is 6.03 Å². The van der Waals surface area contributed by atoms with E-state index in [1.54, 1.807) is 4.90 Å². The van der Waals surface area contributed by atoms with Crippen LogP contribution in [0.4, 0.5) is 9.18 Å². The number of halogens is 1. The van der Waals surface area contributed by atoms with Gasteiger partial charge in [0.25, 0.3) is 5.91 Å². The third-order valence-electron chi connectivity index (χ3n) is 4.11. The van der Waals surface area contributed by atoms with Gasteiger partial charge in [0.2, 0.25) is 0 Å². The van der Waals surface area contributed by atoms with Crippen molar-refractivity contribution in [2.45, 2.75) is 19.1 Å². The molecule has 3 rings (SSSR count). The summed E-state index contributed by atoms with van der Waals surface area (Å²) in [5.74, 6) is -0.945. The predicted molar refractivity (Wildman–Crippen MR) is 93.7 cm³/mol. The highest BCUT2D eigenvalue weighted by atomic mass is 19.1. The number of carbonyl (C=O) groups excluding carboxylic acids is 2. The molecule has 7 heteroatoms. The van der Waals surface area contributed by atoms with E-state index >= 15 is 0 Å². The summed E-state index contributed by atoms with van der Waals surface area (Å²) in [6.45, 7) is 2.70. The van der Waals surface area contributed by atoms with Gasteiger partial charge in [-0.05, 0) is 36.8 Å². The molecule has 0 aliphatic carbocycles. The zero-order valence-corrected chi connectivity index (χ0v) is 14.3. The van der Waals surface area contributed by atoms with Gasteiger partial charge in [-0.2, -0.15) is 0 Å². The van der Waals surface area contributed by atoms with Crippen LogP contribution in [0.3, 0.4) is 0 Å². The molecule has 26 heavy (non-hydrogen) atoms. The Labute approximate surface area is 150 Å². The highest BCUT2D eigenvalue weighted by Crippen LogP contribution is 2.24. The van der Waals surface area contributed by atoms with E-state index in [4.69, 9.17) is 4.74 Å². The summed E-state index contributed by atoms with van der Waals surface area (Å²) in [4.78, 5) is 26.0. The lowest BCUT2D eigenvalue weighted by Gasteiger charge is -2.36. The molecule has 1 heterocycles. The van der Waals surface area contributed by atoms with Crippen molar-refractivity contribution in [3.05, 3.63) is 71.5 Å². The number of carbonyl (C=O) groups is 2. The van der Waals surface area contributed by atoms with Crippen LogP contribution in [0.1, 0.15) is 28.9 Å². The standard InChI is InChI=1S/C19H20FN3O3/c1-13-11-23(12-17(26-13)14-5-3-2-4-6-14)19(25)22-21-18(24)15-7-9-16(20)10-8-15/h2-10,13,17H,11-12H2,1H3,(H,21,24)(H,22,25)/t13-,17-/m0/s1. The van der Waals surface area contributed by atoms with Crippen molar-refractivity contribution in [1.82, 2.24) is 15.8 Å². The van der Waals surface area contributed by atoms with Gasteiger partial charge in [-0.15, -0.1) is 0 Å². The fraction of sp³-hybridized carbons (Fsp3) is 0.263. The van der Waals surface area contributed by atoms with Crippen molar-refractivity contribution in [2.75, 3.05) is 13.1 Å². The van der Waals surface area contributed by atoms with Crippen molar-refractivity contribution >= 4 is 11.9 Å². The maximum absolute atomic E-state index is 12.9. The minimum atomic E-state index is -0.515. The average molecular weight is 357 g/mol. The van der Waals surface area contributed by atoms with Crippen molar-refractivity contribution < 1.29 is 18.7 Å². The molecular formula is C19H20FN3O3. The highest BCUT2D eigenvalue weighted by molar-refractivity contribution is 5.95. The molecule has 1 fully saturated rings. The van der Waals surface area contributed by atoms with Gasteiger partial charge < -0.3 is 9.64 Å². The van der Waals surface area contributed by atoms with Crippen LogP contribution >= 0.6 is 0 Å². The van der Waals surface area contributed by atoms with E-state index in [-0.39, 0.29) is 17.8 Å². The number of morpholine rings is 1. The minimum Gasteiger partial charge on any atom is -0.367 e. The number of hydrazine groups is 1. The first-order valence-electron chi connectivity index (χ1n) is 8.34. The molecule has 0 aromatic heterocycles. The first-order chi connectivity index (χ1) is 12.5. The fourth-order valence-electron chi connectivity index (χ4n) is 2.83. The molecule has 6 nitrogen and oxygen atoms in total. The fourth-order valence-corrected chi connectivity index (χ4v) is 2.83. The van der Waals surface area contributed by atoms with Gasteiger partial charge in [-0.3, -0.25) is 10.2 Å². The normalized spacial score (nSPS) is 19.7. The number of nitrogens with one attached hydrogen (secondary N) is 2. The molecule has 0 bridgehead atoms. The third-order valence-corrected chi connectivity index (χ3v) is 4.11. The van der Waals surface area contributed by atoms with E-state index in [1.807, 2.05) is 37.3 Å². The molecule has 1 aliphatic rings. The summed E-state index contributed by atoms with van der Waals surface area (Å²) in [6.07, 6.45) is -0.356. The average Bonchev–Trinajstić information content (AvgIpc) is 2.66. The van der Waals surface area contributed by atoms with Gasteiger partial charge in [0, 0.05) is 12.1 Å². The maximum atomic E-state index is 12.9. The van der Waals surface area contributed by atoms with Crippen molar-refractivity contribution in [3.63, 3.8) is 0 Å². The molecule has 3 amide bonds. The second-order valence-corrected chi connectivity index (χ2v) is 6.14. The summed E-state index contributed by atoms with van der Waals surface area (Å²) < 4.78 is 18.8. The number of benzene rings is 2. The molecule has 1 aliphatic heterocycles. The maximum Gasteiger partial charge on any atom is 0.336 e. The molecule has 0 radical (unpaired) electrons. The number of hydrogen-bond donors (Lipinski definition) is 2. The summed E-state index contributed by atoms with van der Waals surface area (Å²) in [7, 11) is 0. The second-order valence-electron chi connectivity index (χ2n) is 6.14. The van der Waals surface area contributed by atoms with Gasteiger partial charge in [0.15, 0.2) is 0 Å². The molecule has 0 saturated carbocycles. The number of nitrogens with zero attached hydrogens (tertiary/aromatic N) is 1. The van der Waals surface area contributed by atoms with E-state index in [0.717, 1.165) is 5.56 Å². The van der Waals surface area contributed by atoms with Gasteiger partial charge in [0.1, 0.15) is 11.9 Å². The lowest BCUT2D eigenvalue weighted by Crippen LogP contribution is -2.54. The van der Waals surface area contributed by atoms with Crippen LogP contribution in [0.5, 0.6) is 0 Å². The van der Waals surface area contributed by atoms with Crippen LogP contribution in [0.15, 0.2) is 54.6 Å². The minimum absolute atomic E-state index is 0.132. The number of amides is 3. The molecule has 136 valence electrons. The molecule has 2 N–H and O–H groups in total. The van der Waals surface area contributed by atoms with Crippen LogP contribution in [-0.2, 0) is 4.74 Å². The SMILES string of the molecule is C[C@H]1CN(C(=O)NNC(=O)c2ccc(F)cc2)C[C@@H](c2ccccc2)O1. The Morgan fingerprint density at radius 2 is 1.73 bits per heavy atom. The predicted octanol–water partition coefficient (Wildman–Crippen LogP) is 2.64. The molecular weight excluding hydrogens is 337 g/mol. The Balaban J connectivity index is 1.58. The molecule has 2 atom stereocenters. The number of rotatable bonds is 2. The molecule has 0 spiro atoms. The van der Waals surface area contributed by atoms with E-state index in [0.29, 0.717) is 13.1 Å². The van der Waals surface area contributed by atoms with Gasteiger partial charge in [0.05, 0.1) is 12.6 Å². The van der Waals surface area contributed by atoms with Crippen molar-refractivity contribution in [3.8, 4) is 0 Å². The summed E-state index contributed by atoms with van der Waals surface area (Å²) >= 11 is 0. The van der Waals surface area contributed by atoms with Crippen molar-refractivity contribution in [2.24, 2.45) is 0 Å². The smallest absolute Gasteiger partial charge is 0.336 e. The Bertz CT molecular complexity index is 767. The molecule has 2 aromatic carbocycles. The summed E-state index contributed by atoms with van der Waals surface area (Å²) in [5.41, 5.74) is 5.98. The monoisotopic (exact) mass is 357 g/mol. The van der Waals surface area contributed by atoms with E-state index in [9.17, 15) is 14.0 Å². The first kappa shape index (κ1) is 17.9. The highest BCUT2D eigenvalue weighted by Gasteiger charge is 2.29. The topological polar surface area (TPSA) is 70.7 Å². The summed E-state index contributed by atoms with van der Waals surface area (Å²) in [5, 5.41) is 0. The number of urea groups is 1. The van der Waals surface area contributed by atoms with Crippen LogP contribution in [0.25, 0.3) is 0 Å². The number of hydrogen-bond acceptors (Lipinski definition) is 3. The zero-order chi connectivity index (χ0) is 18.5. The van der Waals surface area contributed by atoms with E-state index < -0.39 is 17.8 Å². The zero-order valence-electron chi connectivity index (χ0n) is 14.3. The Kier molecular flexibility index (Phi) is 5.48. The van der Waals surface area contributed by atoms with Crippen LogP contribution in [-0.4, -0.2) is 36.0 Å². The van der Waals surface area contributed by atoms with Crippen LogP contribution < -0.4 is 10.9 Å². The van der Waals surface area contributed by atoms with Gasteiger partial charge in [-0.1, -0.05) is 30.3 Å². The Hall–Kier alpha value is -2.93. The van der Waals surface area contributed by atoms with E-state index in [1.165, 1.54) is 24.3 Å². The van der Waals surface area contributed by atoms with Crippen LogP contribution in [0, 0.1) is 5.82 Å². The van der Waals surface area contributed by atoms with Crippen molar-refractivity contribution in [1.29, 1.82) is 0 Å². The second kappa shape index (κ2) is 7.97. The van der Waals surface area contributed by atoms with E-state index in [2.05, 4.69) is 10.9 Å².